The maximum atomic E-state index is 11.2. The maximum absolute atomic E-state index is 11.2. The molecule has 0 aliphatic carbocycles. The van der Waals surface area contributed by atoms with E-state index < -0.39 is 31.8 Å². The summed E-state index contributed by atoms with van der Waals surface area (Å²) in [6.45, 7) is 0. The van der Waals surface area contributed by atoms with Crippen LogP contribution < -0.4 is 0 Å². The molecular weight excluding hydrogens is 322 g/mol. The summed E-state index contributed by atoms with van der Waals surface area (Å²) in [4.78, 5) is 31.8. The van der Waals surface area contributed by atoms with Gasteiger partial charge in [-0.05, 0) is 16.9 Å². The Hall–Kier alpha value is -2.40. The van der Waals surface area contributed by atoms with E-state index in [0.717, 1.165) is 16.9 Å². The highest BCUT2D eigenvalue weighted by Crippen LogP contribution is 2.58. The number of rotatable bonds is 3. The molecule has 0 atom stereocenters. The SMILES string of the molecule is O=[N+]([O-])c1cc([N+](=O)[O-])c2c([N+](=O)[O-])ccc3c2c1SS3. The average Bonchev–Trinajstić information content (AvgIpc) is 2.83. The third-order valence-electron chi connectivity index (χ3n) is 2.94. The first-order valence-electron chi connectivity index (χ1n) is 5.33. The summed E-state index contributed by atoms with van der Waals surface area (Å²) < 4.78 is 0. The normalized spacial score (nSPS) is 12.6. The van der Waals surface area contributed by atoms with Gasteiger partial charge >= 0.3 is 0 Å². The molecule has 0 N–H and O–H groups in total. The molecule has 3 rings (SSSR count). The van der Waals surface area contributed by atoms with Gasteiger partial charge < -0.3 is 0 Å². The van der Waals surface area contributed by atoms with E-state index in [2.05, 4.69) is 0 Å². The van der Waals surface area contributed by atoms with Crippen molar-refractivity contribution in [3.05, 3.63) is 48.5 Å². The predicted octanol–water partition coefficient (Wildman–Crippen LogP) is 3.68. The van der Waals surface area contributed by atoms with Crippen LogP contribution >= 0.6 is 21.6 Å². The highest BCUT2D eigenvalue weighted by Gasteiger charge is 2.35. The Morgan fingerprint density at radius 3 is 1.95 bits per heavy atom. The lowest BCUT2D eigenvalue weighted by atomic mass is 10.1. The largest absolute Gasteiger partial charge is 0.291 e. The van der Waals surface area contributed by atoms with Crippen molar-refractivity contribution < 1.29 is 14.8 Å². The van der Waals surface area contributed by atoms with Gasteiger partial charge in [0.15, 0.2) is 0 Å². The van der Waals surface area contributed by atoms with Crippen LogP contribution in [0.2, 0.25) is 0 Å². The van der Waals surface area contributed by atoms with Crippen molar-refractivity contribution in [1.82, 2.24) is 0 Å². The summed E-state index contributed by atoms with van der Waals surface area (Å²) in [6.07, 6.45) is 0. The maximum Gasteiger partial charge on any atom is 0.291 e. The zero-order valence-electron chi connectivity index (χ0n) is 9.84. The van der Waals surface area contributed by atoms with Crippen LogP contribution in [0.3, 0.4) is 0 Å². The molecule has 0 radical (unpaired) electrons. The monoisotopic (exact) mass is 325 g/mol. The molecule has 11 heteroatoms. The van der Waals surface area contributed by atoms with Crippen LogP contribution in [0.15, 0.2) is 28.0 Å². The molecule has 0 spiro atoms. The molecule has 0 fully saturated rings. The van der Waals surface area contributed by atoms with E-state index >= 15 is 0 Å². The first-order chi connectivity index (χ1) is 9.91. The number of nitrogens with zero attached hydrogens (tertiary/aromatic N) is 3. The Bertz CT molecular complexity index is 853. The third-order valence-corrected chi connectivity index (χ3v) is 5.41. The minimum atomic E-state index is -0.837. The molecule has 106 valence electrons. The second kappa shape index (κ2) is 4.56. The molecule has 0 unspecified atom stereocenters. The van der Waals surface area contributed by atoms with E-state index in [1.54, 1.807) is 0 Å². The van der Waals surface area contributed by atoms with Gasteiger partial charge in [-0.25, -0.2) is 0 Å². The molecule has 0 amide bonds. The van der Waals surface area contributed by atoms with Crippen LogP contribution in [-0.4, -0.2) is 14.8 Å². The van der Waals surface area contributed by atoms with Gasteiger partial charge in [-0.1, -0.05) is 10.8 Å². The van der Waals surface area contributed by atoms with Crippen molar-refractivity contribution in [2.24, 2.45) is 0 Å². The topological polar surface area (TPSA) is 129 Å². The molecular formula is C10H3N3O6S2. The Morgan fingerprint density at radius 2 is 1.38 bits per heavy atom. The van der Waals surface area contributed by atoms with Crippen molar-refractivity contribution in [3.63, 3.8) is 0 Å². The zero-order chi connectivity index (χ0) is 15.3. The number of hydrogen-bond donors (Lipinski definition) is 0. The first-order valence-corrected chi connectivity index (χ1v) is 7.48. The molecule has 1 aliphatic rings. The molecule has 0 bridgehead atoms. The van der Waals surface area contributed by atoms with Crippen molar-refractivity contribution in [2.75, 3.05) is 0 Å². The van der Waals surface area contributed by atoms with E-state index in [0.29, 0.717) is 4.90 Å². The number of nitro groups is 3. The van der Waals surface area contributed by atoms with Gasteiger partial charge in [0.05, 0.1) is 20.8 Å². The summed E-state index contributed by atoms with van der Waals surface area (Å²) in [5.74, 6) is 0. The number of hydrogen-bond acceptors (Lipinski definition) is 8. The van der Waals surface area contributed by atoms with Crippen molar-refractivity contribution in [1.29, 1.82) is 0 Å². The quantitative estimate of drug-likeness (QED) is 0.474. The Balaban J connectivity index is 2.57. The van der Waals surface area contributed by atoms with Crippen LogP contribution in [0.4, 0.5) is 17.1 Å². The van der Waals surface area contributed by atoms with Crippen LogP contribution in [0.1, 0.15) is 0 Å². The lowest BCUT2D eigenvalue weighted by molar-refractivity contribution is -0.396. The van der Waals surface area contributed by atoms with Crippen molar-refractivity contribution in [3.8, 4) is 0 Å². The van der Waals surface area contributed by atoms with Gasteiger partial charge in [-0.15, -0.1) is 0 Å². The summed E-state index contributed by atoms with van der Waals surface area (Å²) in [5, 5.41) is 33.4. The fourth-order valence-corrected chi connectivity index (χ4v) is 4.73. The number of non-ortho nitro benzene ring substituents is 2. The molecule has 21 heavy (non-hydrogen) atoms. The Labute approximate surface area is 123 Å². The van der Waals surface area contributed by atoms with Crippen molar-refractivity contribution in [2.45, 2.75) is 9.79 Å². The van der Waals surface area contributed by atoms with Crippen molar-refractivity contribution >= 4 is 49.4 Å². The van der Waals surface area contributed by atoms with Gasteiger partial charge in [0.25, 0.3) is 17.1 Å². The molecule has 1 heterocycles. The molecule has 0 saturated heterocycles. The van der Waals surface area contributed by atoms with Crippen LogP contribution in [0.25, 0.3) is 10.8 Å². The molecule has 2 aromatic rings. The van der Waals surface area contributed by atoms with Crippen LogP contribution in [-0.2, 0) is 0 Å². The Kier molecular flexibility index (Phi) is 2.95. The van der Waals surface area contributed by atoms with E-state index in [4.69, 9.17) is 0 Å². The number of benzene rings is 2. The lowest BCUT2D eigenvalue weighted by Crippen LogP contribution is -1.98. The fourth-order valence-electron chi connectivity index (χ4n) is 2.12. The summed E-state index contributed by atoms with van der Waals surface area (Å²) in [7, 11) is 2.26. The predicted molar refractivity (Wildman–Crippen MR) is 75.6 cm³/mol. The minimum Gasteiger partial charge on any atom is -0.258 e. The molecule has 9 nitrogen and oxygen atoms in total. The number of nitro benzene ring substituents is 3. The summed E-state index contributed by atoms with van der Waals surface area (Å²) in [6, 6.07) is 3.41. The highest BCUT2D eigenvalue weighted by molar-refractivity contribution is 8.77. The smallest absolute Gasteiger partial charge is 0.258 e. The molecule has 0 aromatic heterocycles. The van der Waals surface area contributed by atoms with Gasteiger partial charge in [0, 0.05) is 16.3 Å². The Morgan fingerprint density at radius 1 is 0.762 bits per heavy atom. The van der Waals surface area contributed by atoms with E-state index in [9.17, 15) is 30.3 Å². The van der Waals surface area contributed by atoms with Crippen LogP contribution in [0, 0.1) is 30.3 Å². The van der Waals surface area contributed by atoms with E-state index in [1.165, 1.54) is 22.9 Å². The standard InChI is InChI=1S/C10H3N3O6S2/c14-11(15)4-1-2-7-9-8(4)5(12(16)17)3-6(13(18)19)10(9)21-20-7/h1-3H. The minimum absolute atomic E-state index is 0.166. The summed E-state index contributed by atoms with van der Waals surface area (Å²) in [5.41, 5.74) is -1.47. The van der Waals surface area contributed by atoms with E-state index in [-0.39, 0.29) is 15.7 Å². The zero-order valence-corrected chi connectivity index (χ0v) is 11.5. The van der Waals surface area contributed by atoms with Gasteiger partial charge in [0.1, 0.15) is 10.3 Å². The van der Waals surface area contributed by atoms with Gasteiger partial charge in [0.2, 0.25) is 0 Å². The third kappa shape index (κ3) is 1.89. The average molecular weight is 325 g/mol. The van der Waals surface area contributed by atoms with Crippen LogP contribution in [0.5, 0.6) is 0 Å². The van der Waals surface area contributed by atoms with E-state index in [1.807, 2.05) is 0 Å². The van der Waals surface area contributed by atoms with Gasteiger partial charge in [-0.3, -0.25) is 30.3 Å². The second-order valence-electron chi connectivity index (χ2n) is 4.01. The molecule has 1 aliphatic heterocycles. The second-order valence-corrected chi connectivity index (χ2v) is 6.20. The molecule has 2 aromatic carbocycles. The van der Waals surface area contributed by atoms with Gasteiger partial charge in [-0.2, -0.15) is 0 Å². The fraction of sp³-hybridized carbons (Fsp3) is 0. The lowest BCUT2D eigenvalue weighted by Gasteiger charge is -2.03. The highest BCUT2D eigenvalue weighted by atomic mass is 33.1. The first kappa shape index (κ1) is 13.6. The summed E-state index contributed by atoms with van der Waals surface area (Å²) >= 11 is 0. The molecule has 0 saturated carbocycles.